The average molecular weight is 287 g/mol. The van der Waals surface area contributed by atoms with Gasteiger partial charge in [0.15, 0.2) is 0 Å². The molecule has 1 aromatic carbocycles. The van der Waals surface area contributed by atoms with Gasteiger partial charge in [0, 0.05) is 23.2 Å². The number of fused-ring (bicyclic) bond motifs is 1. The second kappa shape index (κ2) is 5.51. The van der Waals surface area contributed by atoms with Crippen LogP contribution in [-0.4, -0.2) is 23.9 Å². The Morgan fingerprint density at radius 2 is 2.25 bits per heavy atom. The number of anilines is 1. The highest BCUT2D eigenvalue weighted by molar-refractivity contribution is 7.21. The second-order valence-electron chi connectivity index (χ2n) is 4.97. The molecular formula is C15H17N3OS. The fourth-order valence-electron chi connectivity index (χ4n) is 2.02. The van der Waals surface area contributed by atoms with Gasteiger partial charge in [-0.2, -0.15) is 5.26 Å². The fourth-order valence-corrected chi connectivity index (χ4v) is 3.10. The van der Waals surface area contributed by atoms with Crippen LogP contribution in [0.5, 0.6) is 0 Å². The van der Waals surface area contributed by atoms with Gasteiger partial charge in [-0.05, 0) is 26.0 Å². The first-order valence-corrected chi connectivity index (χ1v) is 7.20. The highest BCUT2D eigenvalue weighted by Gasteiger charge is 2.22. The number of nitriles is 1. The number of amides is 1. The minimum absolute atomic E-state index is 0.121. The molecule has 104 valence electrons. The molecule has 0 aliphatic carbocycles. The fraction of sp³-hybridized carbons (Fsp3) is 0.333. The molecule has 5 heteroatoms. The highest BCUT2D eigenvalue weighted by Crippen LogP contribution is 2.35. The third-order valence-electron chi connectivity index (χ3n) is 3.44. The quantitative estimate of drug-likeness (QED) is 0.942. The molecule has 0 saturated heterocycles. The van der Waals surface area contributed by atoms with Crippen LogP contribution in [0, 0.1) is 18.3 Å². The van der Waals surface area contributed by atoms with E-state index in [0.29, 0.717) is 17.0 Å². The van der Waals surface area contributed by atoms with E-state index in [1.54, 1.807) is 11.9 Å². The van der Waals surface area contributed by atoms with Gasteiger partial charge < -0.3 is 10.6 Å². The maximum absolute atomic E-state index is 12.5. The van der Waals surface area contributed by atoms with Gasteiger partial charge in [-0.1, -0.05) is 11.6 Å². The number of carbonyl (C=O) groups excluding carboxylic acids is 1. The van der Waals surface area contributed by atoms with Crippen LogP contribution < -0.4 is 5.73 Å². The highest BCUT2D eigenvalue weighted by atomic mass is 32.1. The van der Waals surface area contributed by atoms with Crippen LogP contribution in [0.3, 0.4) is 0 Å². The first-order chi connectivity index (χ1) is 9.45. The lowest BCUT2D eigenvalue weighted by Gasteiger charge is -2.22. The number of nitrogens with two attached hydrogens (primary N) is 1. The first-order valence-electron chi connectivity index (χ1n) is 6.38. The number of aryl methyl sites for hydroxylation is 1. The predicted octanol–water partition coefficient (Wildman–Crippen LogP) is 3.17. The molecule has 0 aliphatic rings. The van der Waals surface area contributed by atoms with E-state index in [9.17, 15) is 4.79 Å². The molecule has 1 aromatic heterocycles. The van der Waals surface area contributed by atoms with Crippen molar-refractivity contribution in [2.75, 3.05) is 12.8 Å². The lowest BCUT2D eigenvalue weighted by molar-refractivity contribution is 0.0752. The average Bonchev–Trinajstić information content (AvgIpc) is 2.74. The van der Waals surface area contributed by atoms with E-state index in [-0.39, 0.29) is 11.9 Å². The minimum atomic E-state index is -0.126. The maximum Gasteiger partial charge on any atom is 0.266 e. The predicted molar refractivity (Wildman–Crippen MR) is 82.8 cm³/mol. The van der Waals surface area contributed by atoms with Gasteiger partial charge in [-0.25, -0.2) is 0 Å². The van der Waals surface area contributed by atoms with Crippen molar-refractivity contribution in [1.82, 2.24) is 4.90 Å². The zero-order chi connectivity index (χ0) is 14.9. The summed E-state index contributed by atoms with van der Waals surface area (Å²) in [6.45, 7) is 3.86. The molecule has 0 saturated carbocycles. The zero-order valence-electron chi connectivity index (χ0n) is 11.8. The van der Waals surface area contributed by atoms with E-state index in [4.69, 9.17) is 11.0 Å². The molecule has 20 heavy (non-hydrogen) atoms. The van der Waals surface area contributed by atoms with E-state index in [2.05, 4.69) is 6.07 Å². The lowest BCUT2D eigenvalue weighted by atomic mass is 10.1. The van der Waals surface area contributed by atoms with Crippen LogP contribution in [0.25, 0.3) is 10.1 Å². The Bertz CT molecular complexity index is 699. The molecule has 0 fully saturated rings. The molecule has 1 unspecified atom stereocenters. The smallest absolute Gasteiger partial charge is 0.266 e. The molecule has 2 rings (SSSR count). The normalized spacial score (nSPS) is 12.1. The summed E-state index contributed by atoms with van der Waals surface area (Å²) >= 11 is 1.41. The Kier molecular flexibility index (Phi) is 3.96. The van der Waals surface area contributed by atoms with E-state index in [1.807, 2.05) is 32.0 Å². The summed E-state index contributed by atoms with van der Waals surface area (Å²) in [6, 6.07) is 7.95. The summed E-state index contributed by atoms with van der Waals surface area (Å²) in [6.07, 6.45) is 0.312. The molecule has 1 amide bonds. The minimum Gasteiger partial charge on any atom is -0.397 e. The molecule has 2 aromatic rings. The van der Waals surface area contributed by atoms with Crippen molar-refractivity contribution in [3.05, 3.63) is 28.6 Å². The zero-order valence-corrected chi connectivity index (χ0v) is 12.6. The topological polar surface area (TPSA) is 70.1 Å². The van der Waals surface area contributed by atoms with E-state index in [0.717, 1.165) is 15.6 Å². The summed E-state index contributed by atoms with van der Waals surface area (Å²) in [5, 5.41) is 9.66. The lowest BCUT2D eigenvalue weighted by Crippen LogP contribution is -2.34. The SMILES string of the molecule is Cc1ccc2sc(C(=O)N(C)C(C)CC#N)c(N)c2c1. The summed E-state index contributed by atoms with van der Waals surface area (Å²) in [7, 11) is 1.71. The van der Waals surface area contributed by atoms with Crippen molar-refractivity contribution in [3.8, 4) is 6.07 Å². The Hall–Kier alpha value is -2.06. The number of thiophene rings is 1. The molecule has 1 heterocycles. The van der Waals surface area contributed by atoms with Gasteiger partial charge in [0.25, 0.3) is 5.91 Å². The van der Waals surface area contributed by atoms with Crippen molar-refractivity contribution in [1.29, 1.82) is 5.26 Å². The Balaban J connectivity index is 2.40. The van der Waals surface area contributed by atoms with Crippen LogP contribution in [0.4, 0.5) is 5.69 Å². The Morgan fingerprint density at radius 3 is 2.90 bits per heavy atom. The van der Waals surface area contributed by atoms with Crippen molar-refractivity contribution in [2.24, 2.45) is 0 Å². The second-order valence-corrected chi connectivity index (χ2v) is 6.02. The standard InChI is InChI=1S/C15H17N3OS/c1-9-4-5-12-11(8-9)13(17)14(20-12)15(19)18(3)10(2)6-7-16/h4-5,8,10H,6,17H2,1-3H3. The molecular weight excluding hydrogens is 270 g/mol. The number of benzene rings is 1. The van der Waals surface area contributed by atoms with Crippen LogP contribution in [0.15, 0.2) is 18.2 Å². The Labute approximate surface area is 122 Å². The van der Waals surface area contributed by atoms with E-state index >= 15 is 0 Å². The summed E-state index contributed by atoms with van der Waals surface area (Å²) < 4.78 is 1.01. The molecule has 4 nitrogen and oxygen atoms in total. The molecule has 0 spiro atoms. The number of carbonyl (C=O) groups is 1. The van der Waals surface area contributed by atoms with Crippen LogP contribution in [0.1, 0.15) is 28.6 Å². The molecule has 1 atom stereocenters. The van der Waals surface area contributed by atoms with Gasteiger partial charge in [-0.15, -0.1) is 11.3 Å². The third-order valence-corrected chi connectivity index (χ3v) is 4.62. The van der Waals surface area contributed by atoms with E-state index in [1.165, 1.54) is 11.3 Å². The molecule has 2 N–H and O–H groups in total. The van der Waals surface area contributed by atoms with Gasteiger partial charge in [-0.3, -0.25) is 4.79 Å². The van der Waals surface area contributed by atoms with Crippen LogP contribution in [-0.2, 0) is 0 Å². The summed E-state index contributed by atoms with van der Waals surface area (Å²) in [4.78, 5) is 14.6. The monoisotopic (exact) mass is 287 g/mol. The van der Waals surface area contributed by atoms with Gasteiger partial charge in [0.2, 0.25) is 0 Å². The van der Waals surface area contributed by atoms with Crippen molar-refractivity contribution < 1.29 is 4.79 Å². The number of nitrogen functional groups attached to an aromatic ring is 1. The molecule has 0 bridgehead atoms. The van der Waals surface area contributed by atoms with Gasteiger partial charge in [0.1, 0.15) is 4.88 Å². The number of rotatable bonds is 3. The van der Waals surface area contributed by atoms with Crippen molar-refractivity contribution in [3.63, 3.8) is 0 Å². The maximum atomic E-state index is 12.5. The largest absolute Gasteiger partial charge is 0.397 e. The molecule has 0 radical (unpaired) electrons. The number of hydrogen-bond donors (Lipinski definition) is 1. The van der Waals surface area contributed by atoms with Crippen molar-refractivity contribution >= 4 is 33.0 Å². The Morgan fingerprint density at radius 1 is 1.55 bits per heavy atom. The first kappa shape index (κ1) is 14.4. The molecule has 0 aliphatic heterocycles. The number of hydrogen-bond acceptors (Lipinski definition) is 4. The van der Waals surface area contributed by atoms with Crippen molar-refractivity contribution in [2.45, 2.75) is 26.3 Å². The van der Waals surface area contributed by atoms with Gasteiger partial charge >= 0.3 is 0 Å². The number of nitrogens with zero attached hydrogens (tertiary/aromatic N) is 2. The van der Waals surface area contributed by atoms with Gasteiger partial charge in [0.05, 0.1) is 18.2 Å². The summed E-state index contributed by atoms with van der Waals surface area (Å²) in [5.41, 5.74) is 7.77. The summed E-state index contributed by atoms with van der Waals surface area (Å²) in [5.74, 6) is -0.121. The van der Waals surface area contributed by atoms with Crippen LogP contribution in [0.2, 0.25) is 0 Å². The third kappa shape index (κ3) is 2.47. The van der Waals surface area contributed by atoms with E-state index < -0.39 is 0 Å². The van der Waals surface area contributed by atoms with Crippen LogP contribution >= 0.6 is 11.3 Å².